The van der Waals surface area contributed by atoms with E-state index in [-0.39, 0.29) is 23.1 Å². The number of aromatic hydroxyl groups is 1. The summed E-state index contributed by atoms with van der Waals surface area (Å²) in [6.07, 6.45) is 0. The number of rotatable bonds is 3. The van der Waals surface area contributed by atoms with Crippen LogP contribution in [-0.2, 0) is 0 Å². The maximum absolute atomic E-state index is 11.9. The number of carbonyl (C=O) groups excluding carboxylic acids is 1. The number of nitrogens with one attached hydrogen (secondary N) is 1. The Balaban J connectivity index is 2.24. The van der Waals surface area contributed by atoms with Gasteiger partial charge in [-0.25, -0.2) is 0 Å². The first-order chi connectivity index (χ1) is 8.61. The normalized spacial score (nSPS) is 10.1. The number of phenols is 1. The fraction of sp³-hybridized carbons (Fsp3) is 0.182. The molecule has 18 heavy (non-hydrogen) atoms. The summed E-state index contributed by atoms with van der Waals surface area (Å²) in [6, 6.07) is 4.56. The zero-order valence-electron chi connectivity index (χ0n) is 9.80. The number of benzene rings is 1. The summed E-state index contributed by atoms with van der Waals surface area (Å²) in [4.78, 5) is 11.9. The number of aryl methyl sites for hydroxylation is 1. The van der Waals surface area contributed by atoms with Crippen molar-refractivity contribution in [1.29, 1.82) is 0 Å². The minimum Gasteiger partial charge on any atom is -0.504 e. The van der Waals surface area contributed by atoms with Gasteiger partial charge in [0.1, 0.15) is 0 Å². The van der Waals surface area contributed by atoms with Gasteiger partial charge in [0.2, 0.25) is 5.89 Å². The molecule has 0 spiro atoms. The standard InChI is InChI=1S/C11H11N3O4/c1-6-13-14-11(18-6)12-10(16)7-4-3-5-8(17-2)9(7)15/h3-5,15H,1-2H3,(H,12,14,16). The third-order valence-electron chi connectivity index (χ3n) is 2.21. The van der Waals surface area contributed by atoms with Crippen molar-refractivity contribution in [3.05, 3.63) is 29.7 Å². The van der Waals surface area contributed by atoms with E-state index in [1.54, 1.807) is 19.1 Å². The minimum absolute atomic E-state index is 0.0280. The Kier molecular flexibility index (Phi) is 3.13. The van der Waals surface area contributed by atoms with E-state index < -0.39 is 5.91 Å². The van der Waals surface area contributed by atoms with Crippen LogP contribution in [0, 0.1) is 6.92 Å². The molecule has 2 aromatic rings. The topological polar surface area (TPSA) is 97.5 Å². The van der Waals surface area contributed by atoms with Gasteiger partial charge < -0.3 is 14.3 Å². The summed E-state index contributed by atoms with van der Waals surface area (Å²) in [5.74, 6) is -0.256. The molecule has 2 N–H and O–H groups in total. The van der Waals surface area contributed by atoms with Crippen LogP contribution >= 0.6 is 0 Å². The maximum Gasteiger partial charge on any atom is 0.322 e. The van der Waals surface area contributed by atoms with Crippen LogP contribution in [0.5, 0.6) is 11.5 Å². The molecule has 1 amide bonds. The first kappa shape index (κ1) is 11.9. The Labute approximate surface area is 102 Å². The molecule has 1 aromatic carbocycles. The SMILES string of the molecule is COc1cccc(C(=O)Nc2nnc(C)o2)c1O. The molecule has 0 bridgehead atoms. The number of anilines is 1. The minimum atomic E-state index is -0.560. The molecular formula is C11H11N3O4. The molecular weight excluding hydrogens is 238 g/mol. The van der Waals surface area contributed by atoms with Gasteiger partial charge in [0, 0.05) is 6.92 Å². The van der Waals surface area contributed by atoms with E-state index >= 15 is 0 Å². The summed E-state index contributed by atoms with van der Waals surface area (Å²) < 4.78 is 9.91. The first-order valence-electron chi connectivity index (χ1n) is 5.09. The summed E-state index contributed by atoms with van der Waals surface area (Å²) in [5, 5.41) is 19.4. The van der Waals surface area contributed by atoms with Crippen molar-refractivity contribution in [2.45, 2.75) is 6.92 Å². The lowest BCUT2D eigenvalue weighted by Crippen LogP contribution is -2.12. The van der Waals surface area contributed by atoms with Gasteiger partial charge in [-0.15, -0.1) is 5.10 Å². The van der Waals surface area contributed by atoms with Gasteiger partial charge >= 0.3 is 6.01 Å². The number of methoxy groups -OCH3 is 1. The number of para-hydroxylation sites is 1. The summed E-state index contributed by atoms with van der Waals surface area (Å²) >= 11 is 0. The van der Waals surface area contributed by atoms with Crippen LogP contribution < -0.4 is 10.1 Å². The average Bonchev–Trinajstić information content (AvgIpc) is 2.75. The average molecular weight is 249 g/mol. The maximum atomic E-state index is 11.9. The van der Waals surface area contributed by atoms with Crippen LogP contribution in [-0.4, -0.2) is 28.3 Å². The number of hydrogen-bond acceptors (Lipinski definition) is 6. The lowest BCUT2D eigenvalue weighted by atomic mass is 10.2. The van der Waals surface area contributed by atoms with Crippen LogP contribution in [0.15, 0.2) is 22.6 Å². The molecule has 0 atom stereocenters. The molecule has 1 aromatic heterocycles. The van der Waals surface area contributed by atoms with E-state index in [0.29, 0.717) is 5.89 Å². The highest BCUT2D eigenvalue weighted by atomic mass is 16.5. The largest absolute Gasteiger partial charge is 0.504 e. The molecule has 0 saturated carbocycles. The van der Waals surface area contributed by atoms with E-state index in [1.807, 2.05) is 0 Å². The Hall–Kier alpha value is -2.57. The second kappa shape index (κ2) is 4.74. The number of nitrogens with zero attached hydrogens (tertiary/aromatic N) is 2. The number of ether oxygens (including phenoxy) is 1. The number of phenolic OH excluding ortho intramolecular Hbond substituents is 1. The van der Waals surface area contributed by atoms with Crippen molar-refractivity contribution >= 4 is 11.9 Å². The molecule has 2 rings (SSSR count). The number of carbonyl (C=O) groups is 1. The quantitative estimate of drug-likeness (QED) is 0.851. The predicted molar refractivity (Wildman–Crippen MR) is 61.6 cm³/mol. The Bertz CT molecular complexity index is 579. The predicted octanol–water partition coefficient (Wildman–Crippen LogP) is 1.34. The van der Waals surface area contributed by atoms with Gasteiger partial charge in [-0.05, 0) is 12.1 Å². The second-order valence-corrected chi connectivity index (χ2v) is 3.44. The van der Waals surface area contributed by atoms with Crippen molar-refractivity contribution in [2.75, 3.05) is 12.4 Å². The van der Waals surface area contributed by atoms with Crippen LogP contribution in [0.2, 0.25) is 0 Å². The molecule has 0 fully saturated rings. The zero-order chi connectivity index (χ0) is 13.1. The van der Waals surface area contributed by atoms with E-state index in [9.17, 15) is 9.90 Å². The fourth-order valence-corrected chi connectivity index (χ4v) is 1.38. The molecule has 7 heteroatoms. The van der Waals surface area contributed by atoms with Crippen LogP contribution in [0.4, 0.5) is 6.01 Å². The van der Waals surface area contributed by atoms with Gasteiger partial charge in [0.25, 0.3) is 5.91 Å². The van der Waals surface area contributed by atoms with E-state index in [2.05, 4.69) is 15.5 Å². The highest BCUT2D eigenvalue weighted by Gasteiger charge is 2.16. The van der Waals surface area contributed by atoms with Gasteiger partial charge in [0.05, 0.1) is 12.7 Å². The molecule has 1 heterocycles. The van der Waals surface area contributed by atoms with Gasteiger partial charge in [-0.1, -0.05) is 11.2 Å². The van der Waals surface area contributed by atoms with Crippen molar-refractivity contribution in [1.82, 2.24) is 10.2 Å². The van der Waals surface area contributed by atoms with Crippen molar-refractivity contribution in [2.24, 2.45) is 0 Å². The molecule has 0 aliphatic rings. The number of aromatic nitrogens is 2. The van der Waals surface area contributed by atoms with Crippen LogP contribution in [0.3, 0.4) is 0 Å². The highest BCUT2D eigenvalue weighted by Crippen LogP contribution is 2.29. The summed E-state index contributed by atoms with van der Waals surface area (Å²) in [5.41, 5.74) is 0.0604. The monoisotopic (exact) mass is 249 g/mol. The fourth-order valence-electron chi connectivity index (χ4n) is 1.38. The van der Waals surface area contributed by atoms with Crippen molar-refractivity contribution in [3.8, 4) is 11.5 Å². The third kappa shape index (κ3) is 2.24. The van der Waals surface area contributed by atoms with Gasteiger partial charge in [-0.3, -0.25) is 10.1 Å². The molecule has 0 aliphatic carbocycles. The van der Waals surface area contributed by atoms with Crippen LogP contribution in [0.25, 0.3) is 0 Å². The third-order valence-corrected chi connectivity index (χ3v) is 2.21. The second-order valence-electron chi connectivity index (χ2n) is 3.44. The van der Waals surface area contributed by atoms with E-state index in [0.717, 1.165) is 0 Å². The molecule has 0 aliphatic heterocycles. The molecule has 94 valence electrons. The lowest BCUT2D eigenvalue weighted by molar-refractivity contribution is 0.102. The Morgan fingerprint density at radius 2 is 2.22 bits per heavy atom. The number of amides is 1. The summed E-state index contributed by atoms with van der Waals surface area (Å²) in [7, 11) is 1.40. The van der Waals surface area contributed by atoms with Gasteiger partial charge in [0.15, 0.2) is 11.5 Å². The smallest absolute Gasteiger partial charge is 0.322 e. The molecule has 0 saturated heterocycles. The van der Waals surface area contributed by atoms with E-state index in [1.165, 1.54) is 13.2 Å². The highest BCUT2D eigenvalue weighted by molar-refractivity contribution is 6.05. The van der Waals surface area contributed by atoms with E-state index in [4.69, 9.17) is 9.15 Å². The molecule has 0 unspecified atom stereocenters. The van der Waals surface area contributed by atoms with Gasteiger partial charge in [-0.2, -0.15) is 0 Å². The summed E-state index contributed by atoms with van der Waals surface area (Å²) in [6.45, 7) is 1.60. The zero-order valence-corrected chi connectivity index (χ0v) is 9.80. The van der Waals surface area contributed by atoms with Crippen molar-refractivity contribution < 1.29 is 19.1 Å². The Morgan fingerprint density at radius 1 is 1.44 bits per heavy atom. The molecule has 7 nitrogen and oxygen atoms in total. The van der Waals surface area contributed by atoms with Crippen molar-refractivity contribution in [3.63, 3.8) is 0 Å². The Morgan fingerprint density at radius 3 is 2.83 bits per heavy atom. The number of hydrogen-bond donors (Lipinski definition) is 2. The first-order valence-corrected chi connectivity index (χ1v) is 5.09. The van der Waals surface area contributed by atoms with Crippen LogP contribution in [0.1, 0.15) is 16.2 Å². The molecule has 0 radical (unpaired) electrons. The lowest BCUT2D eigenvalue weighted by Gasteiger charge is -2.07.